The summed E-state index contributed by atoms with van der Waals surface area (Å²) in [5, 5.41) is 9.49. The highest BCUT2D eigenvalue weighted by molar-refractivity contribution is 8.07. The molecule has 6 heteroatoms. The van der Waals surface area contributed by atoms with Crippen molar-refractivity contribution in [3.8, 4) is 0 Å². The van der Waals surface area contributed by atoms with E-state index in [1.165, 1.54) is 12.8 Å². The summed E-state index contributed by atoms with van der Waals surface area (Å²) in [5.74, 6) is 3.33. The van der Waals surface area contributed by atoms with Crippen LogP contribution in [0.1, 0.15) is 56.6 Å². The average Bonchev–Trinajstić information content (AvgIpc) is 2.92. The van der Waals surface area contributed by atoms with E-state index in [1.807, 2.05) is 23.5 Å². The fraction of sp³-hybridized carbons (Fsp3) is 0.857. The fourth-order valence-electron chi connectivity index (χ4n) is 2.80. The molecule has 0 aromatic carbocycles. The summed E-state index contributed by atoms with van der Waals surface area (Å²) < 4.78 is 5.54. The first kappa shape index (κ1) is 14.7. The number of hydrogen-bond acceptors (Lipinski definition) is 6. The largest absolute Gasteiger partial charge is 0.338 e. The Morgan fingerprint density at radius 2 is 2.10 bits per heavy atom. The molecule has 1 N–H and O–H groups in total. The average molecular weight is 313 g/mol. The van der Waals surface area contributed by atoms with Crippen molar-refractivity contribution in [2.45, 2.75) is 55.4 Å². The van der Waals surface area contributed by atoms with E-state index in [-0.39, 0.29) is 6.04 Å². The molecule has 2 aliphatic rings. The van der Waals surface area contributed by atoms with E-state index in [9.17, 15) is 0 Å². The lowest BCUT2D eigenvalue weighted by Crippen LogP contribution is -2.33. The number of piperidine rings is 1. The van der Waals surface area contributed by atoms with Crippen LogP contribution in [0.25, 0.3) is 0 Å². The highest BCUT2D eigenvalue weighted by atomic mass is 32.2. The zero-order valence-electron chi connectivity index (χ0n) is 12.3. The van der Waals surface area contributed by atoms with Gasteiger partial charge in [0.15, 0.2) is 5.82 Å². The topological polar surface area (TPSA) is 51.0 Å². The number of rotatable bonds is 2. The lowest BCUT2D eigenvalue weighted by atomic mass is 9.93. The summed E-state index contributed by atoms with van der Waals surface area (Å²) in [5.41, 5.74) is 0. The van der Waals surface area contributed by atoms with Gasteiger partial charge in [-0.3, -0.25) is 0 Å². The first-order valence-electron chi connectivity index (χ1n) is 7.49. The Hall–Kier alpha value is -0.200. The van der Waals surface area contributed by atoms with Gasteiger partial charge in [-0.05, 0) is 25.3 Å². The van der Waals surface area contributed by atoms with E-state index in [0.717, 1.165) is 24.0 Å². The highest BCUT2D eigenvalue weighted by Crippen LogP contribution is 2.43. The van der Waals surface area contributed by atoms with Crippen LogP contribution in [0.4, 0.5) is 0 Å². The predicted octanol–water partition coefficient (Wildman–Crippen LogP) is 3.43. The molecule has 5 unspecified atom stereocenters. The van der Waals surface area contributed by atoms with E-state index in [2.05, 4.69) is 31.2 Å². The summed E-state index contributed by atoms with van der Waals surface area (Å²) in [6, 6.07) is 0.239. The Labute approximate surface area is 129 Å². The van der Waals surface area contributed by atoms with Crippen LogP contribution < -0.4 is 5.32 Å². The number of hydrogen-bond donors (Lipinski definition) is 1. The summed E-state index contributed by atoms with van der Waals surface area (Å²) in [6.07, 6.45) is 2.47. The van der Waals surface area contributed by atoms with E-state index in [1.54, 1.807) is 0 Å². The van der Waals surface area contributed by atoms with Crippen molar-refractivity contribution in [3.63, 3.8) is 0 Å². The van der Waals surface area contributed by atoms with Gasteiger partial charge < -0.3 is 9.84 Å². The molecule has 2 aliphatic heterocycles. The molecule has 3 rings (SSSR count). The molecule has 0 spiro atoms. The third-order valence-electron chi connectivity index (χ3n) is 4.33. The van der Waals surface area contributed by atoms with Crippen LogP contribution in [0, 0.1) is 5.92 Å². The minimum absolute atomic E-state index is 0.239. The van der Waals surface area contributed by atoms with Gasteiger partial charge in [-0.1, -0.05) is 25.9 Å². The normalized spacial score (nSPS) is 38.9. The Balaban J connectivity index is 1.70. The molecule has 20 heavy (non-hydrogen) atoms. The van der Waals surface area contributed by atoms with Gasteiger partial charge in [-0.15, -0.1) is 11.8 Å². The summed E-state index contributed by atoms with van der Waals surface area (Å²) in [4.78, 5) is 4.69. The second-order valence-corrected chi connectivity index (χ2v) is 8.91. The molecule has 0 bridgehead atoms. The maximum absolute atomic E-state index is 5.54. The molecule has 1 aromatic heterocycles. The standard InChI is InChI=1S/C14H23N3OS2/c1-8-5-4-6-15-12(8)14-16-13(17-18-14)11-7-19-9(2)10(3)20-11/h8-12,15H,4-7H2,1-3H3. The Bertz CT molecular complexity index is 453. The number of nitrogens with zero attached hydrogens (tertiary/aromatic N) is 2. The van der Waals surface area contributed by atoms with Crippen molar-refractivity contribution in [1.82, 2.24) is 15.5 Å². The maximum atomic E-state index is 5.54. The fourth-order valence-corrected chi connectivity index (χ4v) is 5.64. The molecule has 0 aliphatic carbocycles. The van der Waals surface area contributed by atoms with Crippen molar-refractivity contribution in [2.24, 2.45) is 5.92 Å². The first-order chi connectivity index (χ1) is 9.65. The van der Waals surface area contributed by atoms with Gasteiger partial charge in [-0.25, -0.2) is 0 Å². The molecule has 0 amide bonds. The molecule has 0 radical (unpaired) electrons. The Kier molecular flexibility index (Phi) is 4.62. The van der Waals surface area contributed by atoms with Crippen molar-refractivity contribution in [3.05, 3.63) is 11.7 Å². The van der Waals surface area contributed by atoms with Gasteiger partial charge >= 0.3 is 0 Å². The predicted molar refractivity (Wildman–Crippen MR) is 85.2 cm³/mol. The quantitative estimate of drug-likeness (QED) is 0.903. The molecule has 2 fully saturated rings. The molecule has 3 heterocycles. The van der Waals surface area contributed by atoms with E-state index >= 15 is 0 Å². The molecule has 112 valence electrons. The van der Waals surface area contributed by atoms with Gasteiger partial charge in [0.25, 0.3) is 0 Å². The minimum Gasteiger partial charge on any atom is -0.338 e. The lowest BCUT2D eigenvalue weighted by Gasteiger charge is -2.29. The van der Waals surface area contributed by atoms with Crippen LogP contribution in [0.2, 0.25) is 0 Å². The molecule has 4 nitrogen and oxygen atoms in total. The summed E-state index contributed by atoms with van der Waals surface area (Å²) >= 11 is 4.00. The third-order valence-corrected chi connectivity index (χ3v) is 7.72. The number of nitrogens with one attached hydrogen (secondary N) is 1. The van der Waals surface area contributed by atoms with E-state index < -0.39 is 0 Å². The molecular formula is C14H23N3OS2. The van der Waals surface area contributed by atoms with Crippen molar-refractivity contribution < 1.29 is 4.52 Å². The van der Waals surface area contributed by atoms with Crippen LogP contribution >= 0.6 is 23.5 Å². The Morgan fingerprint density at radius 1 is 1.25 bits per heavy atom. The van der Waals surface area contributed by atoms with Crippen molar-refractivity contribution in [2.75, 3.05) is 12.3 Å². The Morgan fingerprint density at radius 3 is 2.85 bits per heavy atom. The number of aromatic nitrogens is 2. The number of thioether (sulfide) groups is 2. The van der Waals surface area contributed by atoms with Gasteiger partial charge in [0, 0.05) is 16.3 Å². The molecule has 2 saturated heterocycles. The summed E-state index contributed by atoms with van der Waals surface area (Å²) in [7, 11) is 0. The lowest BCUT2D eigenvalue weighted by molar-refractivity contribution is 0.239. The zero-order valence-corrected chi connectivity index (χ0v) is 14.0. The smallest absolute Gasteiger partial charge is 0.244 e. The molecule has 5 atom stereocenters. The van der Waals surface area contributed by atoms with Crippen molar-refractivity contribution >= 4 is 23.5 Å². The monoisotopic (exact) mass is 313 g/mol. The van der Waals surface area contributed by atoms with Gasteiger partial charge in [0.05, 0.1) is 11.3 Å². The molecule has 0 saturated carbocycles. The van der Waals surface area contributed by atoms with Crippen LogP contribution in [-0.2, 0) is 0 Å². The van der Waals surface area contributed by atoms with Gasteiger partial charge in [0.2, 0.25) is 5.89 Å². The van der Waals surface area contributed by atoms with Crippen LogP contribution in [0.15, 0.2) is 4.52 Å². The summed E-state index contributed by atoms with van der Waals surface area (Å²) in [6.45, 7) is 7.90. The van der Waals surface area contributed by atoms with Gasteiger partial charge in [-0.2, -0.15) is 16.7 Å². The van der Waals surface area contributed by atoms with E-state index in [4.69, 9.17) is 9.51 Å². The first-order valence-corrected chi connectivity index (χ1v) is 9.48. The third kappa shape index (κ3) is 3.02. The highest BCUT2D eigenvalue weighted by Gasteiger charge is 2.32. The maximum Gasteiger partial charge on any atom is 0.244 e. The van der Waals surface area contributed by atoms with Crippen LogP contribution in [0.3, 0.4) is 0 Å². The van der Waals surface area contributed by atoms with E-state index in [0.29, 0.717) is 21.7 Å². The minimum atomic E-state index is 0.239. The van der Waals surface area contributed by atoms with Crippen LogP contribution in [-0.4, -0.2) is 32.9 Å². The van der Waals surface area contributed by atoms with Gasteiger partial charge in [0.1, 0.15) is 0 Å². The SMILES string of the molecule is CC1CCCNC1c1nc(C2CSC(C)C(C)S2)no1. The molecular weight excluding hydrogens is 290 g/mol. The van der Waals surface area contributed by atoms with Crippen LogP contribution in [0.5, 0.6) is 0 Å². The zero-order chi connectivity index (χ0) is 14.1. The second-order valence-electron chi connectivity index (χ2n) is 5.91. The molecule has 1 aromatic rings. The second kappa shape index (κ2) is 6.28. The van der Waals surface area contributed by atoms with Crippen molar-refractivity contribution in [1.29, 1.82) is 0 Å².